The summed E-state index contributed by atoms with van der Waals surface area (Å²) in [6.07, 6.45) is 1.65. The van der Waals surface area contributed by atoms with Gasteiger partial charge in [-0.2, -0.15) is 0 Å². The summed E-state index contributed by atoms with van der Waals surface area (Å²) in [4.78, 5) is 0. The van der Waals surface area contributed by atoms with Crippen molar-refractivity contribution in [1.29, 1.82) is 0 Å². The summed E-state index contributed by atoms with van der Waals surface area (Å²) in [5.74, 6) is 0. The lowest BCUT2D eigenvalue weighted by molar-refractivity contribution is 0.428. The molecule has 0 aliphatic heterocycles. The van der Waals surface area contributed by atoms with Gasteiger partial charge < -0.3 is 4.52 Å². The highest BCUT2D eigenvalue weighted by Crippen LogP contribution is 2.12. The van der Waals surface area contributed by atoms with Crippen molar-refractivity contribution in [2.75, 3.05) is 0 Å². The molecule has 1 aromatic heterocycles. The maximum atomic E-state index is 4.77. The molecule has 0 radical (unpaired) electrons. The number of aryl methyl sites for hydroxylation is 1. The number of aromatic nitrogens is 1. The third kappa shape index (κ3) is 0.692. The van der Waals surface area contributed by atoms with E-state index in [1.807, 2.05) is 25.1 Å². The summed E-state index contributed by atoms with van der Waals surface area (Å²) in [5, 5.41) is 4.87. The van der Waals surface area contributed by atoms with Crippen molar-refractivity contribution in [3.8, 4) is 0 Å². The molecule has 1 aromatic carbocycles. The van der Waals surface area contributed by atoms with E-state index in [9.17, 15) is 0 Å². The Morgan fingerprint density at radius 2 is 2.30 bits per heavy atom. The van der Waals surface area contributed by atoms with Gasteiger partial charge in [-0.15, -0.1) is 0 Å². The van der Waals surface area contributed by atoms with Crippen LogP contribution in [0.25, 0.3) is 10.9 Å². The van der Waals surface area contributed by atoms with E-state index in [4.69, 9.17) is 4.52 Å². The van der Waals surface area contributed by atoms with Crippen LogP contribution in [-0.2, 0) is 0 Å². The Morgan fingerprint density at radius 3 is 3.20 bits per heavy atom. The second-order valence-corrected chi connectivity index (χ2v) is 2.38. The molecule has 10 heavy (non-hydrogen) atoms. The Kier molecular flexibility index (Phi) is 1.01. The molecule has 0 fully saturated rings. The molecule has 2 aromatic rings. The fraction of sp³-hybridized carbons (Fsp3) is 0.125. The summed E-state index contributed by atoms with van der Waals surface area (Å²) in [6, 6.07) is 6.04. The number of nitrogens with zero attached hydrogens (tertiary/aromatic N) is 1. The van der Waals surface area contributed by atoms with Crippen LogP contribution in [0.5, 0.6) is 0 Å². The molecular weight excluding hydrogens is 126 g/mol. The molecule has 2 nitrogen and oxygen atoms in total. The maximum absolute atomic E-state index is 4.77. The molecule has 0 atom stereocenters. The molecule has 0 saturated heterocycles. The van der Waals surface area contributed by atoms with Crippen LogP contribution in [0.1, 0.15) is 5.56 Å². The second-order valence-electron chi connectivity index (χ2n) is 2.38. The van der Waals surface area contributed by atoms with Crippen LogP contribution in [0.15, 0.2) is 29.0 Å². The average molecular weight is 133 g/mol. The van der Waals surface area contributed by atoms with Gasteiger partial charge in [-0.25, -0.2) is 0 Å². The molecule has 0 aliphatic carbocycles. The van der Waals surface area contributed by atoms with Crippen LogP contribution in [0.4, 0.5) is 0 Å². The van der Waals surface area contributed by atoms with Crippen LogP contribution in [-0.4, -0.2) is 5.16 Å². The Labute approximate surface area is 58.4 Å². The SMILES string of the molecule is Cc1ccc2conc2c1. The smallest absolute Gasteiger partial charge is 0.131 e. The first kappa shape index (κ1) is 5.47. The predicted molar refractivity (Wildman–Crippen MR) is 38.7 cm³/mol. The van der Waals surface area contributed by atoms with E-state index in [1.54, 1.807) is 6.26 Å². The molecule has 2 rings (SSSR count). The van der Waals surface area contributed by atoms with E-state index >= 15 is 0 Å². The number of hydrogen-bond acceptors (Lipinski definition) is 2. The van der Waals surface area contributed by atoms with Crippen molar-refractivity contribution in [3.63, 3.8) is 0 Å². The normalized spacial score (nSPS) is 10.5. The van der Waals surface area contributed by atoms with Crippen molar-refractivity contribution >= 4 is 10.9 Å². The summed E-state index contributed by atoms with van der Waals surface area (Å²) in [7, 11) is 0. The first-order valence-electron chi connectivity index (χ1n) is 3.17. The number of fused-ring (bicyclic) bond motifs is 1. The predicted octanol–water partition coefficient (Wildman–Crippen LogP) is 2.14. The molecule has 50 valence electrons. The average Bonchev–Trinajstić information content (AvgIpc) is 2.33. The lowest BCUT2D eigenvalue weighted by atomic mass is 10.2. The van der Waals surface area contributed by atoms with E-state index in [-0.39, 0.29) is 0 Å². The fourth-order valence-corrected chi connectivity index (χ4v) is 0.972. The van der Waals surface area contributed by atoms with Crippen molar-refractivity contribution in [3.05, 3.63) is 30.0 Å². The van der Waals surface area contributed by atoms with Gasteiger partial charge in [0.2, 0.25) is 0 Å². The van der Waals surface area contributed by atoms with Crippen LogP contribution in [0.3, 0.4) is 0 Å². The molecular formula is C8H7NO. The summed E-state index contributed by atoms with van der Waals surface area (Å²) < 4.78 is 4.77. The minimum absolute atomic E-state index is 0.931. The van der Waals surface area contributed by atoms with E-state index in [0.29, 0.717) is 0 Å². The molecule has 0 amide bonds. The highest BCUT2D eigenvalue weighted by atomic mass is 16.5. The monoisotopic (exact) mass is 133 g/mol. The number of benzene rings is 1. The first-order valence-corrected chi connectivity index (χ1v) is 3.17. The van der Waals surface area contributed by atoms with Gasteiger partial charge in [-0.1, -0.05) is 11.2 Å². The van der Waals surface area contributed by atoms with Gasteiger partial charge >= 0.3 is 0 Å². The Balaban J connectivity index is 2.86. The van der Waals surface area contributed by atoms with E-state index in [2.05, 4.69) is 5.16 Å². The topological polar surface area (TPSA) is 26.0 Å². The third-order valence-electron chi connectivity index (χ3n) is 1.52. The Morgan fingerprint density at radius 1 is 1.40 bits per heavy atom. The van der Waals surface area contributed by atoms with Gasteiger partial charge in [-0.3, -0.25) is 0 Å². The van der Waals surface area contributed by atoms with Crippen molar-refractivity contribution in [1.82, 2.24) is 5.16 Å². The maximum Gasteiger partial charge on any atom is 0.131 e. The van der Waals surface area contributed by atoms with Gasteiger partial charge in [0.25, 0.3) is 0 Å². The van der Waals surface area contributed by atoms with E-state index in [0.717, 1.165) is 10.9 Å². The highest BCUT2D eigenvalue weighted by Gasteiger charge is 1.94. The minimum Gasteiger partial charge on any atom is -0.364 e. The van der Waals surface area contributed by atoms with Crippen molar-refractivity contribution in [2.24, 2.45) is 0 Å². The van der Waals surface area contributed by atoms with Crippen LogP contribution in [0, 0.1) is 6.92 Å². The van der Waals surface area contributed by atoms with E-state index in [1.165, 1.54) is 5.56 Å². The van der Waals surface area contributed by atoms with Gasteiger partial charge in [0.05, 0.1) is 0 Å². The zero-order chi connectivity index (χ0) is 6.97. The molecule has 1 heterocycles. The molecule has 0 bridgehead atoms. The minimum atomic E-state index is 0.931. The molecule has 0 saturated carbocycles. The second kappa shape index (κ2) is 1.84. The van der Waals surface area contributed by atoms with Gasteiger partial charge in [0.15, 0.2) is 0 Å². The van der Waals surface area contributed by atoms with Crippen molar-refractivity contribution in [2.45, 2.75) is 6.92 Å². The summed E-state index contributed by atoms with van der Waals surface area (Å²) >= 11 is 0. The fourth-order valence-electron chi connectivity index (χ4n) is 0.972. The summed E-state index contributed by atoms with van der Waals surface area (Å²) in [6.45, 7) is 2.04. The first-order chi connectivity index (χ1) is 4.86. The quantitative estimate of drug-likeness (QED) is 0.550. The molecule has 0 spiro atoms. The van der Waals surface area contributed by atoms with Crippen LogP contribution in [0.2, 0.25) is 0 Å². The molecule has 0 unspecified atom stereocenters. The Bertz CT molecular complexity index is 351. The lowest BCUT2D eigenvalue weighted by Gasteiger charge is -1.87. The molecule has 0 N–H and O–H groups in total. The summed E-state index contributed by atoms with van der Waals surface area (Å²) in [5.41, 5.74) is 2.14. The van der Waals surface area contributed by atoms with Crippen LogP contribution >= 0.6 is 0 Å². The standard InChI is InChI=1S/C8H7NO/c1-6-2-3-7-5-10-9-8(7)4-6/h2-5H,1H3. The Hall–Kier alpha value is -1.31. The van der Waals surface area contributed by atoms with Crippen LogP contribution < -0.4 is 0 Å². The molecule has 2 heteroatoms. The zero-order valence-electron chi connectivity index (χ0n) is 5.66. The van der Waals surface area contributed by atoms with E-state index < -0.39 is 0 Å². The lowest BCUT2D eigenvalue weighted by Crippen LogP contribution is -1.70. The van der Waals surface area contributed by atoms with Crippen molar-refractivity contribution < 1.29 is 4.52 Å². The molecule has 0 aliphatic rings. The highest BCUT2D eigenvalue weighted by molar-refractivity contribution is 5.77. The van der Waals surface area contributed by atoms with Gasteiger partial charge in [0, 0.05) is 5.39 Å². The van der Waals surface area contributed by atoms with Gasteiger partial charge in [-0.05, 0) is 24.6 Å². The number of hydrogen-bond donors (Lipinski definition) is 0. The third-order valence-corrected chi connectivity index (χ3v) is 1.52. The zero-order valence-corrected chi connectivity index (χ0v) is 5.66. The number of rotatable bonds is 0. The van der Waals surface area contributed by atoms with Gasteiger partial charge in [0.1, 0.15) is 11.8 Å². The largest absolute Gasteiger partial charge is 0.364 e.